The molecule has 2 saturated heterocycles. The third kappa shape index (κ3) is 5.27. The zero-order chi connectivity index (χ0) is 20.9. The maximum absolute atomic E-state index is 13.7. The molecule has 0 aromatic carbocycles. The average Bonchev–Trinajstić information content (AvgIpc) is 3.37. The Kier molecular flexibility index (Phi) is 7.50. The lowest BCUT2D eigenvalue weighted by Gasteiger charge is -2.31. The van der Waals surface area contributed by atoms with E-state index in [-0.39, 0.29) is 42.0 Å². The summed E-state index contributed by atoms with van der Waals surface area (Å²) < 4.78 is 19.1. The number of hydrogen-bond donors (Lipinski definition) is 6. The quantitative estimate of drug-likeness (QED) is 0.193. The van der Waals surface area contributed by atoms with Crippen LogP contribution < -0.4 is 32.4 Å². The fourth-order valence-electron chi connectivity index (χ4n) is 4.87. The van der Waals surface area contributed by atoms with Crippen LogP contribution in [0.2, 0.25) is 0 Å². The van der Waals surface area contributed by atoms with E-state index in [1.54, 1.807) is 0 Å². The van der Waals surface area contributed by atoms with Crippen molar-refractivity contribution in [1.29, 1.82) is 0 Å². The third-order valence-electron chi connectivity index (χ3n) is 6.58. The van der Waals surface area contributed by atoms with Gasteiger partial charge in [0.15, 0.2) is 5.96 Å². The summed E-state index contributed by atoms with van der Waals surface area (Å²) in [5.41, 5.74) is 12.3. The number of fused-ring (bicyclic) bond motifs is 2. The van der Waals surface area contributed by atoms with E-state index in [4.69, 9.17) is 9.68 Å². The predicted molar refractivity (Wildman–Crippen MR) is 108 cm³/mol. The van der Waals surface area contributed by atoms with Gasteiger partial charge in [0.25, 0.3) is 0 Å². The Bertz CT molecular complexity index is 625. The summed E-state index contributed by atoms with van der Waals surface area (Å²) in [5, 5.41) is 6.33. The molecule has 7 unspecified atom stereocenters. The molecule has 4 rings (SSSR count). The molecule has 4 aliphatic rings. The number of hydrazine groups is 1. The summed E-state index contributed by atoms with van der Waals surface area (Å²) in [7, 11) is 0. The van der Waals surface area contributed by atoms with Crippen molar-refractivity contribution in [3.63, 3.8) is 0 Å². The molecule has 2 saturated carbocycles. The van der Waals surface area contributed by atoms with Gasteiger partial charge in [-0.3, -0.25) is 20.5 Å². The molecule has 6 N–H and O–H groups in total. The molecule has 0 spiro atoms. The second-order valence-corrected chi connectivity index (χ2v) is 8.57. The number of aliphatic imine (C=N–C) groups is 1. The minimum absolute atomic E-state index is 0.0419. The first-order chi connectivity index (χ1) is 14.6. The van der Waals surface area contributed by atoms with E-state index in [9.17, 15) is 9.18 Å². The van der Waals surface area contributed by atoms with Gasteiger partial charge in [0.2, 0.25) is 5.91 Å². The highest BCUT2D eigenvalue weighted by atomic mass is 19.1. The van der Waals surface area contributed by atoms with Gasteiger partial charge in [0, 0.05) is 24.5 Å². The summed E-state index contributed by atoms with van der Waals surface area (Å²) in [6.07, 6.45) is 3.38. The normalized spacial score (nSPS) is 38.7. The van der Waals surface area contributed by atoms with E-state index in [0.717, 1.165) is 19.3 Å². The van der Waals surface area contributed by atoms with Crippen LogP contribution in [0.3, 0.4) is 0 Å². The Labute approximate surface area is 176 Å². The van der Waals surface area contributed by atoms with Crippen LogP contribution in [0.5, 0.6) is 0 Å². The lowest BCUT2D eigenvalue weighted by molar-refractivity contribution is -0.124. The second kappa shape index (κ2) is 10.3. The average molecular weight is 428 g/mol. The number of hydroxylamine groups is 2. The largest absolute Gasteiger partial charge is 0.380 e. The number of ether oxygens (including phenoxy) is 1. The number of carbonyl (C=O) groups is 1. The van der Waals surface area contributed by atoms with Crippen molar-refractivity contribution < 1.29 is 18.9 Å². The molecule has 7 atom stereocenters. The van der Waals surface area contributed by atoms with Crippen molar-refractivity contribution in [2.75, 3.05) is 19.8 Å². The van der Waals surface area contributed by atoms with Gasteiger partial charge in [-0.05, 0) is 45.4 Å². The van der Waals surface area contributed by atoms with Crippen LogP contribution in [0.15, 0.2) is 4.99 Å². The van der Waals surface area contributed by atoms with Crippen LogP contribution in [0, 0.1) is 11.8 Å². The van der Waals surface area contributed by atoms with Crippen LogP contribution in [-0.2, 0) is 14.5 Å². The van der Waals surface area contributed by atoms with Gasteiger partial charge < -0.3 is 10.1 Å². The fourth-order valence-corrected chi connectivity index (χ4v) is 4.87. The minimum atomic E-state index is -0.754. The zero-order valence-electron chi connectivity index (χ0n) is 17.5. The van der Waals surface area contributed by atoms with Crippen LogP contribution in [0.1, 0.15) is 45.4 Å². The molecule has 10 nitrogen and oxygen atoms in total. The molecule has 0 radical (unpaired) electrons. The van der Waals surface area contributed by atoms with E-state index >= 15 is 0 Å². The van der Waals surface area contributed by atoms with Gasteiger partial charge in [-0.15, -0.1) is 0 Å². The fraction of sp³-hybridized carbons (Fsp3) is 0.895. The van der Waals surface area contributed by atoms with Gasteiger partial charge in [0.05, 0.1) is 31.4 Å². The van der Waals surface area contributed by atoms with Gasteiger partial charge in [-0.1, -0.05) is 0 Å². The molecule has 4 fully saturated rings. The molecule has 0 aromatic heterocycles. The molecule has 170 valence electrons. The van der Waals surface area contributed by atoms with Gasteiger partial charge in [-0.25, -0.2) is 14.8 Å². The molecule has 0 aromatic rings. The van der Waals surface area contributed by atoms with Crippen molar-refractivity contribution in [3.05, 3.63) is 0 Å². The summed E-state index contributed by atoms with van der Waals surface area (Å²) >= 11 is 0. The van der Waals surface area contributed by atoms with Crippen LogP contribution in [0.25, 0.3) is 0 Å². The molecule has 2 heterocycles. The standard InChI is InChI=1S/C19H34FN7O3/c1-2-29-8-7-21-19(22-17-13-5-4-12(20)10-15(13)24-25-17)23-18(28)11-3-6-14-16(9-11)27-30-26-14/h11-17,24-27H,2-10H2,1H3,(H2,21,22,23,28). The monoisotopic (exact) mass is 427 g/mol. The highest BCUT2D eigenvalue weighted by Crippen LogP contribution is 2.31. The predicted octanol–water partition coefficient (Wildman–Crippen LogP) is -0.398. The summed E-state index contributed by atoms with van der Waals surface area (Å²) in [4.78, 5) is 22.6. The summed E-state index contributed by atoms with van der Waals surface area (Å²) in [6.45, 7) is 3.50. The molecule has 11 heteroatoms. The number of nitrogens with zero attached hydrogens (tertiary/aromatic N) is 1. The number of nitrogens with one attached hydrogen (secondary N) is 6. The molecule has 1 amide bonds. The maximum Gasteiger partial charge on any atom is 0.229 e. The van der Waals surface area contributed by atoms with E-state index in [1.807, 2.05) is 6.92 Å². The Morgan fingerprint density at radius 3 is 2.87 bits per heavy atom. The van der Waals surface area contributed by atoms with E-state index in [1.165, 1.54) is 0 Å². The zero-order valence-corrected chi connectivity index (χ0v) is 17.5. The number of alkyl halides is 1. The highest BCUT2D eigenvalue weighted by molar-refractivity contribution is 5.98. The number of rotatable bonds is 6. The van der Waals surface area contributed by atoms with Crippen molar-refractivity contribution in [3.8, 4) is 0 Å². The molecular formula is C19H34FN7O3. The van der Waals surface area contributed by atoms with Gasteiger partial charge >= 0.3 is 0 Å². The SMILES string of the molecule is CCOCCN=C(NC(=O)C1CCC2NONC2C1)NC1NNC2CC(F)CCC21. The first-order valence-electron chi connectivity index (χ1n) is 11.2. The maximum atomic E-state index is 13.7. The number of halogens is 1. The summed E-state index contributed by atoms with van der Waals surface area (Å²) in [5.74, 6) is 0.538. The number of hydrogen-bond acceptors (Lipinski definition) is 8. The molecule has 0 bridgehead atoms. The van der Waals surface area contributed by atoms with Crippen molar-refractivity contribution in [2.24, 2.45) is 16.8 Å². The lowest BCUT2D eigenvalue weighted by Crippen LogP contribution is -2.54. The van der Waals surface area contributed by atoms with Crippen molar-refractivity contribution in [1.82, 2.24) is 32.4 Å². The minimum Gasteiger partial charge on any atom is -0.380 e. The Morgan fingerprint density at radius 1 is 1.13 bits per heavy atom. The summed E-state index contributed by atoms with van der Waals surface area (Å²) in [6, 6.07) is 0.476. The topological polar surface area (TPSA) is 120 Å². The van der Waals surface area contributed by atoms with Gasteiger partial charge in [0.1, 0.15) is 6.17 Å². The molecular weight excluding hydrogens is 393 g/mol. The first-order valence-corrected chi connectivity index (χ1v) is 11.2. The first kappa shape index (κ1) is 21.8. The Morgan fingerprint density at radius 2 is 2.00 bits per heavy atom. The van der Waals surface area contributed by atoms with Gasteiger partial charge in [-0.2, -0.15) is 11.0 Å². The van der Waals surface area contributed by atoms with Crippen LogP contribution >= 0.6 is 0 Å². The third-order valence-corrected chi connectivity index (χ3v) is 6.58. The Hall–Kier alpha value is -1.37. The molecule has 2 aliphatic carbocycles. The van der Waals surface area contributed by atoms with Crippen LogP contribution in [0.4, 0.5) is 4.39 Å². The van der Waals surface area contributed by atoms with E-state index in [0.29, 0.717) is 45.0 Å². The number of guanidine groups is 1. The van der Waals surface area contributed by atoms with E-state index < -0.39 is 6.17 Å². The smallest absolute Gasteiger partial charge is 0.229 e. The second-order valence-electron chi connectivity index (χ2n) is 8.57. The molecule has 2 aliphatic heterocycles. The van der Waals surface area contributed by atoms with Crippen molar-refractivity contribution in [2.45, 2.75) is 75.9 Å². The van der Waals surface area contributed by atoms with Crippen LogP contribution in [-0.4, -0.2) is 62.1 Å². The highest BCUT2D eigenvalue weighted by Gasteiger charge is 2.41. The lowest BCUT2D eigenvalue weighted by atomic mass is 9.82. The Balaban J connectivity index is 1.35. The number of carbonyl (C=O) groups excluding carboxylic acids is 1. The molecule has 30 heavy (non-hydrogen) atoms. The van der Waals surface area contributed by atoms with E-state index in [2.05, 4.69) is 37.4 Å². The number of amides is 1. The van der Waals surface area contributed by atoms with Crippen molar-refractivity contribution >= 4 is 11.9 Å².